The van der Waals surface area contributed by atoms with Crippen LogP contribution < -0.4 is 0 Å². The van der Waals surface area contributed by atoms with Gasteiger partial charge in [-0.1, -0.05) is 6.58 Å². The fourth-order valence-electron chi connectivity index (χ4n) is 4.07. The van der Waals surface area contributed by atoms with Gasteiger partial charge in [0.15, 0.2) is 12.6 Å². The largest absolute Gasteiger partial charge is 0.516 e. The Balaban J connectivity index is 1.80. The van der Waals surface area contributed by atoms with Gasteiger partial charge in [-0.3, -0.25) is 33.9 Å². The van der Waals surface area contributed by atoms with Crippen LogP contribution in [0.3, 0.4) is 0 Å². The lowest BCUT2D eigenvalue weighted by Gasteiger charge is -2.35. The van der Waals surface area contributed by atoms with Crippen LogP contribution in [0.25, 0.3) is 0 Å². The van der Waals surface area contributed by atoms with E-state index >= 15 is 0 Å². The molecule has 0 aromatic heterocycles. The van der Waals surface area contributed by atoms with Crippen LogP contribution in [-0.2, 0) is 23.7 Å². The summed E-state index contributed by atoms with van der Waals surface area (Å²) in [4.78, 5) is 21.0. The molecule has 4 fully saturated rings. The maximum Gasteiger partial charge on any atom is 0.516 e. The predicted octanol–water partition coefficient (Wildman–Crippen LogP) is -2.40. The molecule has 4 aliphatic rings. The van der Waals surface area contributed by atoms with Crippen LogP contribution in [0.1, 0.15) is 0 Å². The second-order valence-electron chi connectivity index (χ2n) is 7.91. The number of nitrogens with zero attached hydrogens (tertiary/aromatic N) is 4. The molecular formula is C18H30N4O7. The molecule has 7 unspecified atom stereocenters. The third kappa shape index (κ3) is 5.44. The quantitative estimate of drug-likeness (QED) is 0.414. The molecule has 0 radical (unpaired) electrons. The normalized spacial score (nSPS) is 44.5. The molecule has 0 amide bonds. The summed E-state index contributed by atoms with van der Waals surface area (Å²) in [6, 6.07) is 0. The van der Waals surface area contributed by atoms with Crippen molar-refractivity contribution in [3.8, 4) is 0 Å². The lowest BCUT2D eigenvalue weighted by Crippen LogP contribution is -2.51. The van der Waals surface area contributed by atoms with Crippen molar-refractivity contribution in [2.24, 2.45) is 0 Å². The van der Waals surface area contributed by atoms with Gasteiger partial charge in [0.2, 0.25) is 0 Å². The smallest absolute Gasteiger partial charge is 0.410 e. The number of hydrogen-bond acceptors (Lipinski definition) is 11. The average Bonchev–Trinajstić information content (AvgIpc) is 2.67. The summed E-state index contributed by atoms with van der Waals surface area (Å²) in [6.45, 7) is 10.2. The van der Waals surface area contributed by atoms with Crippen molar-refractivity contribution in [3.63, 3.8) is 0 Å². The number of carbonyl (C=O) groups excluding carboxylic acids is 1. The van der Waals surface area contributed by atoms with E-state index < -0.39 is 24.7 Å². The summed E-state index contributed by atoms with van der Waals surface area (Å²) in [5.41, 5.74) is 0. The molecule has 0 aliphatic carbocycles. The van der Waals surface area contributed by atoms with Crippen LogP contribution in [0, 0.1) is 0 Å². The average molecular weight is 414 g/mol. The van der Waals surface area contributed by atoms with Crippen molar-refractivity contribution in [2.75, 3.05) is 78.5 Å². The maximum atomic E-state index is 12.7. The fourth-order valence-corrected chi connectivity index (χ4v) is 4.07. The van der Waals surface area contributed by atoms with Crippen molar-refractivity contribution >= 4 is 5.97 Å². The van der Waals surface area contributed by atoms with Gasteiger partial charge in [0.05, 0.1) is 13.1 Å². The molecule has 4 heterocycles. The lowest BCUT2D eigenvalue weighted by molar-refractivity contribution is -0.516. The molecule has 0 aromatic rings. The van der Waals surface area contributed by atoms with Crippen LogP contribution in [0.4, 0.5) is 0 Å². The monoisotopic (exact) mass is 414 g/mol. The first-order valence-corrected chi connectivity index (χ1v) is 10.1. The summed E-state index contributed by atoms with van der Waals surface area (Å²) >= 11 is 0. The summed E-state index contributed by atoms with van der Waals surface area (Å²) in [5, 5.41) is 21.1. The van der Waals surface area contributed by atoms with Gasteiger partial charge in [0.25, 0.3) is 0 Å². The van der Waals surface area contributed by atoms with Crippen molar-refractivity contribution in [1.82, 2.24) is 19.6 Å². The van der Waals surface area contributed by atoms with E-state index in [9.17, 15) is 15.0 Å². The van der Waals surface area contributed by atoms with E-state index in [0.717, 1.165) is 19.6 Å². The minimum Gasteiger partial charge on any atom is -0.410 e. The summed E-state index contributed by atoms with van der Waals surface area (Å²) in [7, 11) is 0. The van der Waals surface area contributed by atoms with Crippen LogP contribution in [0.2, 0.25) is 0 Å². The van der Waals surface area contributed by atoms with Crippen LogP contribution in [-0.4, -0.2) is 133 Å². The second kappa shape index (κ2) is 8.82. The maximum absolute atomic E-state index is 12.7. The third-order valence-corrected chi connectivity index (χ3v) is 5.58. The van der Waals surface area contributed by atoms with Gasteiger partial charge in [0, 0.05) is 65.4 Å². The number of fused-ring (bicyclic) bond motifs is 12. The highest BCUT2D eigenvalue weighted by Crippen LogP contribution is 2.27. The highest BCUT2D eigenvalue weighted by molar-refractivity contribution is 5.71. The molecular weight excluding hydrogens is 384 g/mol. The predicted molar refractivity (Wildman–Crippen MR) is 99.0 cm³/mol. The van der Waals surface area contributed by atoms with E-state index in [1.54, 1.807) is 0 Å². The molecule has 11 nitrogen and oxygen atoms in total. The van der Waals surface area contributed by atoms with Crippen LogP contribution >= 0.6 is 0 Å². The Labute approximate surface area is 169 Å². The van der Waals surface area contributed by atoms with Gasteiger partial charge in [-0.05, 0) is 0 Å². The summed E-state index contributed by atoms with van der Waals surface area (Å²) in [5.74, 6) is -0.379. The van der Waals surface area contributed by atoms with E-state index in [2.05, 4.69) is 21.3 Å². The standard InChI is InChI=1S/C18H30N4O7/c1-14-10-19-2-4-20-6-8-22-9-7-21(5-3-19)12-16(24)28-18(26-14,27-15(23)11-20)29-17(25)13-22/h15,17,23,25H,1-13H2. The molecule has 5 bridgehead atoms. The molecule has 1 spiro atoms. The SMILES string of the molecule is C=C1CN2CCN3CCN4CCN(CC2)CC(O)OC(O1)(OC(=O)C3)OC(O)C4. The Kier molecular flexibility index (Phi) is 6.37. The highest BCUT2D eigenvalue weighted by Gasteiger charge is 2.48. The molecule has 4 aliphatic heterocycles. The molecule has 0 saturated carbocycles. The fraction of sp³-hybridized carbons (Fsp3) is 0.833. The van der Waals surface area contributed by atoms with Gasteiger partial charge in [-0.15, -0.1) is 0 Å². The Hall–Kier alpha value is -1.31. The number of aliphatic hydroxyl groups excluding tert-OH is 2. The Bertz CT molecular complexity index is 569. The van der Waals surface area contributed by atoms with Crippen molar-refractivity contribution < 1.29 is 34.0 Å². The third-order valence-electron chi connectivity index (χ3n) is 5.58. The van der Waals surface area contributed by atoms with E-state index in [0.29, 0.717) is 39.3 Å². The van der Waals surface area contributed by atoms with Crippen molar-refractivity contribution in [1.29, 1.82) is 0 Å². The number of aliphatic hydroxyl groups is 2. The minimum atomic E-state index is -2.41. The van der Waals surface area contributed by atoms with E-state index in [1.807, 2.05) is 4.90 Å². The van der Waals surface area contributed by atoms with Crippen molar-refractivity contribution in [2.45, 2.75) is 18.7 Å². The molecule has 4 saturated heterocycles. The van der Waals surface area contributed by atoms with E-state index in [-0.39, 0.29) is 25.4 Å². The summed E-state index contributed by atoms with van der Waals surface area (Å²) < 4.78 is 22.4. The van der Waals surface area contributed by atoms with E-state index in [1.165, 1.54) is 0 Å². The van der Waals surface area contributed by atoms with Crippen LogP contribution in [0.15, 0.2) is 12.3 Å². The number of hydrogen-bond donors (Lipinski definition) is 2. The first kappa shape index (κ1) is 20.9. The number of esters is 1. The highest BCUT2D eigenvalue weighted by atomic mass is 17.0. The number of rotatable bonds is 0. The van der Waals surface area contributed by atoms with Gasteiger partial charge in [-0.25, -0.2) is 0 Å². The minimum absolute atomic E-state index is 0.0182. The molecule has 29 heavy (non-hydrogen) atoms. The molecule has 11 heteroatoms. The van der Waals surface area contributed by atoms with Gasteiger partial charge in [0.1, 0.15) is 5.76 Å². The Morgan fingerprint density at radius 2 is 1.21 bits per heavy atom. The van der Waals surface area contributed by atoms with Crippen LogP contribution in [0.5, 0.6) is 0 Å². The first-order valence-electron chi connectivity index (χ1n) is 10.1. The number of ether oxygens (including phenoxy) is 4. The molecule has 164 valence electrons. The zero-order valence-corrected chi connectivity index (χ0v) is 16.6. The molecule has 2 N–H and O–H groups in total. The zero-order valence-electron chi connectivity index (χ0n) is 16.6. The zero-order chi connectivity index (χ0) is 20.4. The van der Waals surface area contributed by atoms with Gasteiger partial charge < -0.3 is 19.7 Å². The molecule has 7 atom stereocenters. The Morgan fingerprint density at radius 3 is 1.72 bits per heavy atom. The van der Waals surface area contributed by atoms with Gasteiger partial charge in [-0.2, -0.15) is 0 Å². The van der Waals surface area contributed by atoms with Gasteiger partial charge >= 0.3 is 12.1 Å². The molecule has 0 aromatic carbocycles. The topological polar surface area (TPSA) is 107 Å². The van der Waals surface area contributed by atoms with Crippen molar-refractivity contribution in [3.05, 3.63) is 12.3 Å². The summed E-state index contributed by atoms with van der Waals surface area (Å²) in [6.07, 6.45) is -5.13. The molecule has 4 rings (SSSR count). The Morgan fingerprint density at radius 1 is 0.759 bits per heavy atom. The van der Waals surface area contributed by atoms with E-state index in [4.69, 9.17) is 18.9 Å². The second-order valence-corrected chi connectivity index (χ2v) is 7.91. The number of carbonyl (C=O) groups is 1. The lowest BCUT2D eigenvalue weighted by atomic mass is 10.3. The first-order chi connectivity index (χ1) is 13.9.